The fraction of sp³-hybridized carbons (Fsp3) is 0.318. The van der Waals surface area contributed by atoms with Gasteiger partial charge < -0.3 is 15.3 Å². The van der Waals surface area contributed by atoms with Crippen molar-refractivity contribution in [1.29, 1.82) is 0 Å². The van der Waals surface area contributed by atoms with Gasteiger partial charge in [0.2, 0.25) is 11.8 Å². The van der Waals surface area contributed by atoms with Crippen molar-refractivity contribution >= 4 is 23.5 Å². The van der Waals surface area contributed by atoms with Crippen LogP contribution in [0.15, 0.2) is 42.5 Å². The van der Waals surface area contributed by atoms with Crippen LogP contribution in [-0.4, -0.2) is 29.4 Å². The predicted molar refractivity (Wildman–Crippen MR) is 106 cm³/mol. The number of aryl methyl sites for hydroxylation is 3. The van der Waals surface area contributed by atoms with Gasteiger partial charge in [-0.25, -0.2) is 4.79 Å². The quantitative estimate of drug-likeness (QED) is 0.807. The molecule has 1 heterocycles. The molecular weight excluding hydrogens is 356 g/mol. The van der Waals surface area contributed by atoms with Crippen LogP contribution in [0.4, 0.5) is 5.69 Å². The molecular formula is C22H24N2O4. The van der Waals surface area contributed by atoms with Crippen LogP contribution in [0.5, 0.6) is 0 Å². The van der Waals surface area contributed by atoms with Crippen LogP contribution in [0.25, 0.3) is 0 Å². The van der Waals surface area contributed by atoms with E-state index in [1.54, 1.807) is 17.0 Å². The fourth-order valence-corrected chi connectivity index (χ4v) is 3.65. The summed E-state index contributed by atoms with van der Waals surface area (Å²) in [6, 6.07) is 12.0. The van der Waals surface area contributed by atoms with Crippen molar-refractivity contribution < 1.29 is 19.5 Å². The highest BCUT2D eigenvalue weighted by molar-refractivity contribution is 5.97. The summed E-state index contributed by atoms with van der Waals surface area (Å²) >= 11 is 0. The Balaban J connectivity index is 1.69. The molecule has 0 spiro atoms. The van der Waals surface area contributed by atoms with Gasteiger partial charge in [0.15, 0.2) is 6.04 Å². The van der Waals surface area contributed by atoms with Crippen molar-refractivity contribution in [3.8, 4) is 0 Å². The van der Waals surface area contributed by atoms with E-state index in [9.17, 15) is 19.5 Å². The number of fused-ring (bicyclic) bond motifs is 1. The van der Waals surface area contributed by atoms with Gasteiger partial charge in [-0.3, -0.25) is 9.59 Å². The summed E-state index contributed by atoms with van der Waals surface area (Å²) < 4.78 is 0. The maximum Gasteiger partial charge on any atom is 0.330 e. The van der Waals surface area contributed by atoms with E-state index >= 15 is 0 Å². The van der Waals surface area contributed by atoms with Crippen LogP contribution in [0, 0.1) is 13.8 Å². The van der Waals surface area contributed by atoms with Gasteiger partial charge in [-0.15, -0.1) is 0 Å². The van der Waals surface area contributed by atoms with Crippen LogP contribution < -0.4 is 10.2 Å². The summed E-state index contributed by atoms with van der Waals surface area (Å²) in [4.78, 5) is 38.1. The molecule has 6 heteroatoms. The average molecular weight is 380 g/mol. The van der Waals surface area contributed by atoms with Crippen molar-refractivity contribution in [2.75, 3.05) is 11.4 Å². The molecule has 1 unspecified atom stereocenters. The first-order valence-corrected chi connectivity index (χ1v) is 9.34. The first kappa shape index (κ1) is 19.6. The topological polar surface area (TPSA) is 86.7 Å². The zero-order valence-electron chi connectivity index (χ0n) is 16.1. The van der Waals surface area contributed by atoms with Gasteiger partial charge in [-0.05, 0) is 37.5 Å². The number of carboxylic acid groups (broad SMARTS) is 1. The van der Waals surface area contributed by atoms with Gasteiger partial charge >= 0.3 is 5.97 Å². The molecule has 2 aromatic carbocycles. The summed E-state index contributed by atoms with van der Waals surface area (Å²) in [5.41, 5.74) is 4.33. The molecule has 0 bridgehead atoms. The average Bonchev–Trinajstić information content (AvgIpc) is 2.64. The van der Waals surface area contributed by atoms with Crippen molar-refractivity contribution in [1.82, 2.24) is 5.32 Å². The van der Waals surface area contributed by atoms with Gasteiger partial charge in [-0.1, -0.05) is 47.5 Å². The van der Waals surface area contributed by atoms with E-state index in [1.165, 1.54) is 0 Å². The molecule has 0 saturated carbocycles. The van der Waals surface area contributed by atoms with Gasteiger partial charge in [0, 0.05) is 25.1 Å². The van der Waals surface area contributed by atoms with Crippen LogP contribution >= 0.6 is 0 Å². The van der Waals surface area contributed by atoms with E-state index in [2.05, 4.69) is 5.32 Å². The molecule has 146 valence electrons. The first-order chi connectivity index (χ1) is 13.3. The lowest BCUT2D eigenvalue weighted by molar-refractivity contribution is -0.142. The smallest absolute Gasteiger partial charge is 0.330 e. The van der Waals surface area contributed by atoms with E-state index in [0.29, 0.717) is 18.4 Å². The summed E-state index contributed by atoms with van der Waals surface area (Å²) in [7, 11) is 0. The number of amides is 2. The van der Waals surface area contributed by atoms with E-state index in [1.807, 2.05) is 44.2 Å². The van der Waals surface area contributed by atoms with Crippen molar-refractivity contribution in [2.24, 2.45) is 0 Å². The lowest BCUT2D eigenvalue weighted by Crippen LogP contribution is -2.40. The summed E-state index contributed by atoms with van der Waals surface area (Å²) in [5.74, 6) is -1.53. The van der Waals surface area contributed by atoms with E-state index in [0.717, 1.165) is 22.4 Å². The predicted octanol–water partition coefficient (Wildman–Crippen LogP) is 2.91. The number of nitrogens with zero attached hydrogens (tertiary/aromatic N) is 1. The minimum Gasteiger partial charge on any atom is -0.479 e. The number of hydrogen-bond acceptors (Lipinski definition) is 3. The monoisotopic (exact) mass is 380 g/mol. The Labute approximate surface area is 164 Å². The minimum absolute atomic E-state index is 0.0180. The molecule has 0 aliphatic carbocycles. The molecule has 1 aliphatic heterocycles. The molecule has 0 saturated heterocycles. The third-order valence-corrected chi connectivity index (χ3v) is 4.88. The maximum absolute atomic E-state index is 12.4. The second kappa shape index (κ2) is 8.25. The number of carbonyl (C=O) groups excluding carboxylic acids is 2. The summed E-state index contributed by atoms with van der Waals surface area (Å²) in [5, 5.41) is 12.2. The highest BCUT2D eigenvalue weighted by Gasteiger charge is 2.26. The number of rotatable bonds is 6. The molecule has 3 rings (SSSR count). The van der Waals surface area contributed by atoms with Crippen LogP contribution in [-0.2, 0) is 20.8 Å². The standard InChI is InChI=1S/C22H24N2O4/c1-14-11-15(2)13-17(12-14)21(22(27)28)23-19(25)9-10-24-18-6-4-3-5-16(18)7-8-20(24)26/h3-6,11-13,21H,7-10H2,1-2H3,(H,23,25)(H,27,28). The van der Waals surface area contributed by atoms with E-state index in [4.69, 9.17) is 0 Å². The van der Waals surface area contributed by atoms with Gasteiger partial charge in [0.1, 0.15) is 0 Å². The lowest BCUT2D eigenvalue weighted by Gasteiger charge is -2.29. The SMILES string of the molecule is Cc1cc(C)cc(C(NC(=O)CCN2C(=O)CCc3ccccc32)C(=O)O)c1. The summed E-state index contributed by atoms with van der Waals surface area (Å²) in [6.07, 6.45) is 1.15. The molecule has 28 heavy (non-hydrogen) atoms. The molecule has 0 aromatic heterocycles. The zero-order valence-corrected chi connectivity index (χ0v) is 16.1. The van der Waals surface area contributed by atoms with Crippen molar-refractivity contribution in [3.05, 3.63) is 64.7 Å². The van der Waals surface area contributed by atoms with Crippen molar-refractivity contribution in [3.63, 3.8) is 0 Å². The van der Waals surface area contributed by atoms with Crippen molar-refractivity contribution in [2.45, 2.75) is 39.2 Å². The third kappa shape index (κ3) is 4.39. The number of hydrogen-bond donors (Lipinski definition) is 2. The second-order valence-corrected chi connectivity index (χ2v) is 7.18. The first-order valence-electron chi connectivity index (χ1n) is 9.34. The largest absolute Gasteiger partial charge is 0.479 e. The Morgan fingerprint density at radius 3 is 2.46 bits per heavy atom. The van der Waals surface area contributed by atoms with Gasteiger partial charge in [-0.2, -0.15) is 0 Å². The number of nitrogens with one attached hydrogen (secondary N) is 1. The number of benzene rings is 2. The highest BCUT2D eigenvalue weighted by atomic mass is 16.4. The molecule has 0 radical (unpaired) electrons. The normalized spacial score (nSPS) is 14.4. The Hall–Kier alpha value is -3.15. The molecule has 1 aliphatic rings. The number of anilines is 1. The van der Waals surface area contributed by atoms with Crippen LogP contribution in [0.1, 0.15) is 41.1 Å². The van der Waals surface area contributed by atoms with Gasteiger partial charge in [0.25, 0.3) is 0 Å². The molecule has 0 fully saturated rings. The third-order valence-electron chi connectivity index (χ3n) is 4.88. The van der Waals surface area contributed by atoms with E-state index < -0.39 is 17.9 Å². The van der Waals surface area contributed by atoms with Gasteiger partial charge in [0.05, 0.1) is 0 Å². The second-order valence-electron chi connectivity index (χ2n) is 7.18. The lowest BCUT2D eigenvalue weighted by atomic mass is 10.0. The number of carboxylic acids is 1. The molecule has 2 amide bonds. The maximum atomic E-state index is 12.4. The zero-order chi connectivity index (χ0) is 20.3. The fourth-order valence-electron chi connectivity index (χ4n) is 3.65. The Morgan fingerprint density at radius 1 is 1.11 bits per heavy atom. The highest BCUT2D eigenvalue weighted by Crippen LogP contribution is 2.27. The Bertz CT molecular complexity index is 902. The summed E-state index contributed by atoms with van der Waals surface area (Å²) in [6.45, 7) is 3.99. The number of para-hydroxylation sites is 1. The molecule has 2 N–H and O–H groups in total. The molecule has 2 aromatic rings. The van der Waals surface area contributed by atoms with Crippen LogP contribution in [0.3, 0.4) is 0 Å². The Kier molecular flexibility index (Phi) is 5.78. The number of aliphatic carboxylic acids is 1. The minimum atomic E-state index is -1.12. The van der Waals surface area contributed by atoms with Crippen LogP contribution in [0.2, 0.25) is 0 Å². The molecule has 1 atom stereocenters. The Morgan fingerprint density at radius 2 is 1.79 bits per heavy atom. The van der Waals surface area contributed by atoms with E-state index in [-0.39, 0.29) is 18.9 Å². The molecule has 6 nitrogen and oxygen atoms in total. The number of carbonyl (C=O) groups is 3.